The molecule has 6 nitrogen and oxygen atoms in total. The molecule has 1 aliphatic rings. The van der Waals surface area contributed by atoms with Crippen LogP contribution < -0.4 is 4.74 Å². The predicted octanol–water partition coefficient (Wildman–Crippen LogP) is 1.56. The van der Waals surface area contributed by atoms with E-state index in [4.69, 9.17) is 4.74 Å². The summed E-state index contributed by atoms with van der Waals surface area (Å²) in [7, 11) is 0. The van der Waals surface area contributed by atoms with Crippen LogP contribution in [0.4, 0.5) is 0 Å². The van der Waals surface area contributed by atoms with Crippen LogP contribution in [0.1, 0.15) is 23.3 Å². The van der Waals surface area contributed by atoms with Gasteiger partial charge in [0.25, 0.3) is 5.91 Å². The molecule has 2 aromatic heterocycles. The Morgan fingerprint density at radius 2 is 2.19 bits per heavy atom. The van der Waals surface area contributed by atoms with Crippen molar-refractivity contribution in [3.05, 3.63) is 48.7 Å². The van der Waals surface area contributed by atoms with Gasteiger partial charge in [0.2, 0.25) is 5.88 Å². The first kappa shape index (κ1) is 13.5. The first-order chi connectivity index (χ1) is 10.3. The van der Waals surface area contributed by atoms with E-state index in [1.54, 1.807) is 35.5 Å². The highest BCUT2D eigenvalue weighted by atomic mass is 16.5. The topological polar surface area (TPSA) is 68.2 Å². The van der Waals surface area contributed by atoms with E-state index < -0.39 is 0 Å². The number of carbonyl (C=O) groups is 1. The third-order valence-electron chi connectivity index (χ3n) is 3.39. The van der Waals surface area contributed by atoms with Crippen molar-refractivity contribution in [2.45, 2.75) is 18.9 Å². The molecule has 2 aromatic rings. The van der Waals surface area contributed by atoms with E-state index >= 15 is 0 Å². The molecule has 21 heavy (non-hydrogen) atoms. The highest BCUT2D eigenvalue weighted by Gasteiger charge is 2.26. The quantitative estimate of drug-likeness (QED) is 0.855. The maximum Gasteiger partial charge on any atom is 0.272 e. The lowest BCUT2D eigenvalue weighted by Crippen LogP contribution is -2.44. The van der Waals surface area contributed by atoms with Crippen molar-refractivity contribution in [2.75, 3.05) is 13.1 Å². The molecule has 3 rings (SSSR count). The third kappa shape index (κ3) is 3.34. The average molecular weight is 284 g/mol. The molecule has 0 spiro atoms. The lowest BCUT2D eigenvalue weighted by molar-refractivity contribution is 0.0522. The summed E-state index contributed by atoms with van der Waals surface area (Å²) < 4.78 is 5.81. The van der Waals surface area contributed by atoms with Gasteiger partial charge >= 0.3 is 0 Å². The zero-order valence-electron chi connectivity index (χ0n) is 11.6. The van der Waals surface area contributed by atoms with Gasteiger partial charge in [0.1, 0.15) is 18.1 Å². The standard InChI is InChI=1S/C15H16N4O2/c20-15(13-5-1-2-7-17-13)19-9-3-4-12(10-19)21-14-6-8-16-11-18-14/h1-2,5-8,11-12H,3-4,9-10H2/t12-/m1/s1. The Kier molecular flexibility index (Phi) is 4.04. The van der Waals surface area contributed by atoms with Gasteiger partial charge in [0.15, 0.2) is 0 Å². The highest BCUT2D eigenvalue weighted by Crippen LogP contribution is 2.17. The number of amides is 1. The molecule has 0 aliphatic carbocycles. The maximum absolute atomic E-state index is 12.4. The fraction of sp³-hybridized carbons (Fsp3) is 0.333. The van der Waals surface area contributed by atoms with Crippen LogP contribution >= 0.6 is 0 Å². The van der Waals surface area contributed by atoms with Gasteiger partial charge in [-0.25, -0.2) is 9.97 Å². The summed E-state index contributed by atoms with van der Waals surface area (Å²) >= 11 is 0. The first-order valence-corrected chi connectivity index (χ1v) is 6.96. The van der Waals surface area contributed by atoms with Gasteiger partial charge in [0, 0.05) is 25.0 Å². The second kappa shape index (κ2) is 6.30. The SMILES string of the molecule is O=C(c1ccccn1)N1CCC[C@@H](Oc2ccncn2)C1. The molecule has 1 saturated heterocycles. The highest BCUT2D eigenvalue weighted by molar-refractivity contribution is 5.92. The number of hydrogen-bond donors (Lipinski definition) is 0. The zero-order valence-corrected chi connectivity index (χ0v) is 11.6. The van der Waals surface area contributed by atoms with Crippen molar-refractivity contribution < 1.29 is 9.53 Å². The minimum absolute atomic E-state index is 0.0405. The molecule has 1 atom stereocenters. The summed E-state index contributed by atoms with van der Waals surface area (Å²) in [6, 6.07) is 7.07. The largest absolute Gasteiger partial charge is 0.472 e. The molecule has 1 amide bonds. The van der Waals surface area contributed by atoms with E-state index in [0.717, 1.165) is 19.4 Å². The number of ether oxygens (including phenoxy) is 1. The molecular weight excluding hydrogens is 268 g/mol. The maximum atomic E-state index is 12.4. The van der Waals surface area contributed by atoms with Crippen LogP contribution in [0, 0.1) is 0 Å². The average Bonchev–Trinajstić information content (AvgIpc) is 2.56. The van der Waals surface area contributed by atoms with E-state index in [-0.39, 0.29) is 12.0 Å². The molecule has 0 saturated carbocycles. The van der Waals surface area contributed by atoms with Crippen LogP contribution in [-0.2, 0) is 0 Å². The number of nitrogens with zero attached hydrogens (tertiary/aromatic N) is 4. The van der Waals surface area contributed by atoms with Crippen molar-refractivity contribution >= 4 is 5.91 Å². The minimum Gasteiger partial charge on any atom is -0.472 e. The van der Waals surface area contributed by atoms with Gasteiger partial charge in [-0.2, -0.15) is 0 Å². The van der Waals surface area contributed by atoms with Crippen molar-refractivity contribution in [3.63, 3.8) is 0 Å². The van der Waals surface area contributed by atoms with Gasteiger partial charge in [-0.15, -0.1) is 0 Å². The van der Waals surface area contributed by atoms with Gasteiger partial charge < -0.3 is 9.64 Å². The molecule has 6 heteroatoms. The second-order valence-corrected chi connectivity index (χ2v) is 4.90. The van der Waals surface area contributed by atoms with Crippen molar-refractivity contribution in [1.82, 2.24) is 19.9 Å². The number of rotatable bonds is 3. The van der Waals surface area contributed by atoms with Crippen LogP contribution in [0.5, 0.6) is 5.88 Å². The molecule has 0 N–H and O–H groups in total. The molecule has 1 fully saturated rings. The Morgan fingerprint density at radius 1 is 1.24 bits per heavy atom. The van der Waals surface area contributed by atoms with Gasteiger partial charge in [-0.1, -0.05) is 6.07 Å². The third-order valence-corrected chi connectivity index (χ3v) is 3.39. The Labute approximate surface area is 122 Å². The molecule has 0 radical (unpaired) electrons. The number of carbonyl (C=O) groups excluding carboxylic acids is 1. The Hall–Kier alpha value is -2.50. The second-order valence-electron chi connectivity index (χ2n) is 4.90. The molecule has 3 heterocycles. The fourth-order valence-corrected chi connectivity index (χ4v) is 2.39. The molecule has 0 bridgehead atoms. The number of likely N-dealkylation sites (tertiary alicyclic amines) is 1. The molecule has 0 aromatic carbocycles. The van der Waals surface area contributed by atoms with Crippen LogP contribution in [0.15, 0.2) is 43.0 Å². The number of aromatic nitrogens is 3. The summed E-state index contributed by atoms with van der Waals surface area (Å²) in [6.07, 6.45) is 6.51. The lowest BCUT2D eigenvalue weighted by atomic mass is 10.1. The number of hydrogen-bond acceptors (Lipinski definition) is 5. The van der Waals surface area contributed by atoms with Gasteiger partial charge in [0.05, 0.1) is 6.54 Å². The number of pyridine rings is 1. The van der Waals surface area contributed by atoms with Crippen molar-refractivity contribution in [2.24, 2.45) is 0 Å². The van der Waals surface area contributed by atoms with Gasteiger partial charge in [-0.3, -0.25) is 9.78 Å². The van der Waals surface area contributed by atoms with E-state index in [1.165, 1.54) is 6.33 Å². The van der Waals surface area contributed by atoms with E-state index in [2.05, 4.69) is 15.0 Å². The van der Waals surface area contributed by atoms with Crippen LogP contribution in [0.3, 0.4) is 0 Å². The van der Waals surface area contributed by atoms with Gasteiger partial charge in [-0.05, 0) is 25.0 Å². The first-order valence-electron chi connectivity index (χ1n) is 6.96. The monoisotopic (exact) mass is 284 g/mol. The van der Waals surface area contributed by atoms with E-state index in [0.29, 0.717) is 18.1 Å². The Balaban J connectivity index is 1.64. The summed E-state index contributed by atoms with van der Waals surface area (Å²) in [5.74, 6) is 0.494. The zero-order chi connectivity index (χ0) is 14.5. The van der Waals surface area contributed by atoms with Crippen LogP contribution in [0.25, 0.3) is 0 Å². The minimum atomic E-state index is -0.0495. The normalized spacial score (nSPS) is 18.3. The number of piperidine rings is 1. The summed E-state index contributed by atoms with van der Waals surface area (Å²) in [5.41, 5.74) is 0.472. The molecular formula is C15H16N4O2. The Morgan fingerprint density at radius 3 is 2.95 bits per heavy atom. The summed E-state index contributed by atoms with van der Waals surface area (Å²) in [4.78, 5) is 26.2. The predicted molar refractivity (Wildman–Crippen MR) is 75.8 cm³/mol. The molecule has 0 unspecified atom stereocenters. The van der Waals surface area contributed by atoms with Crippen molar-refractivity contribution in [3.8, 4) is 5.88 Å². The van der Waals surface area contributed by atoms with Crippen molar-refractivity contribution in [1.29, 1.82) is 0 Å². The fourth-order valence-electron chi connectivity index (χ4n) is 2.39. The van der Waals surface area contributed by atoms with Crippen LogP contribution in [0.2, 0.25) is 0 Å². The summed E-state index contributed by atoms with van der Waals surface area (Å²) in [6.45, 7) is 1.29. The summed E-state index contributed by atoms with van der Waals surface area (Å²) in [5, 5.41) is 0. The molecule has 1 aliphatic heterocycles. The molecule has 108 valence electrons. The van der Waals surface area contributed by atoms with E-state index in [1.807, 2.05) is 6.07 Å². The Bertz CT molecular complexity index is 591. The van der Waals surface area contributed by atoms with Crippen LogP contribution in [-0.4, -0.2) is 45.0 Å². The smallest absolute Gasteiger partial charge is 0.272 e. The van der Waals surface area contributed by atoms with E-state index in [9.17, 15) is 4.79 Å². The lowest BCUT2D eigenvalue weighted by Gasteiger charge is -2.32.